The van der Waals surface area contributed by atoms with E-state index in [0.717, 1.165) is 28.6 Å². The minimum atomic E-state index is -4.45. The molecule has 25 heavy (non-hydrogen) atoms. The number of rotatable bonds is 4. The summed E-state index contributed by atoms with van der Waals surface area (Å²) < 4.78 is 43.4. The Bertz CT molecular complexity index is 916. The number of amides is 1. The average molecular weight is 348 g/mol. The molecule has 0 aliphatic rings. The van der Waals surface area contributed by atoms with Crippen LogP contribution < -0.4 is 10.1 Å². The number of benzene rings is 2. The minimum Gasteiger partial charge on any atom is -0.497 e. The third kappa shape index (κ3) is 3.76. The van der Waals surface area contributed by atoms with E-state index in [-0.39, 0.29) is 12.1 Å². The van der Waals surface area contributed by atoms with E-state index < -0.39 is 17.6 Å². The van der Waals surface area contributed by atoms with Crippen molar-refractivity contribution >= 4 is 22.5 Å². The zero-order valence-electron chi connectivity index (χ0n) is 13.3. The van der Waals surface area contributed by atoms with Crippen molar-refractivity contribution in [2.24, 2.45) is 0 Å². The zero-order valence-corrected chi connectivity index (χ0v) is 13.3. The average Bonchev–Trinajstić information content (AvgIpc) is 2.96. The number of H-pyrrole nitrogens is 1. The SMILES string of the molecule is COc1ccc2[nH]cc(CC(=O)Nc3cccc(C(F)(F)F)c3)c2c1. The van der Waals surface area contributed by atoms with Gasteiger partial charge in [-0.15, -0.1) is 0 Å². The number of hydrogen-bond donors (Lipinski definition) is 2. The quantitative estimate of drug-likeness (QED) is 0.735. The molecule has 0 bridgehead atoms. The first kappa shape index (κ1) is 16.9. The first-order valence-electron chi connectivity index (χ1n) is 7.48. The molecular formula is C18H15F3N2O2. The first-order chi connectivity index (χ1) is 11.9. The maximum absolute atomic E-state index is 12.7. The number of ether oxygens (including phenoxy) is 1. The number of hydrogen-bond acceptors (Lipinski definition) is 2. The molecule has 1 amide bonds. The molecule has 0 aliphatic heterocycles. The van der Waals surface area contributed by atoms with Crippen molar-refractivity contribution in [3.63, 3.8) is 0 Å². The highest BCUT2D eigenvalue weighted by Gasteiger charge is 2.30. The fourth-order valence-corrected chi connectivity index (χ4v) is 2.58. The molecule has 0 radical (unpaired) electrons. The lowest BCUT2D eigenvalue weighted by molar-refractivity contribution is -0.137. The molecule has 2 aromatic carbocycles. The second-order valence-electron chi connectivity index (χ2n) is 5.53. The van der Waals surface area contributed by atoms with Crippen LogP contribution >= 0.6 is 0 Å². The molecule has 0 saturated carbocycles. The van der Waals surface area contributed by atoms with Crippen LogP contribution in [0.5, 0.6) is 5.75 Å². The Morgan fingerprint density at radius 2 is 2.00 bits per heavy atom. The van der Waals surface area contributed by atoms with Crippen LogP contribution in [0.25, 0.3) is 10.9 Å². The fraction of sp³-hybridized carbons (Fsp3) is 0.167. The molecule has 4 nitrogen and oxygen atoms in total. The van der Waals surface area contributed by atoms with Gasteiger partial charge >= 0.3 is 6.18 Å². The molecule has 0 spiro atoms. The van der Waals surface area contributed by atoms with Crippen molar-refractivity contribution in [2.45, 2.75) is 12.6 Å². The standard InChI is InChI=1S/C18H15F3N2O2/c1-25-14-5-6-16-15(9-14)11(10-22-16)7-17(24)23-13-4-2-3-12(8-13)18(19,20)21/h2-6,8-10,22H,7H2,1H3,(H,23,24). The Hall–Kier alpha value is -2.96. The summed E-state index contributed by atoms with van der Waals surface area (Å²) in [6.07, 6.45) is -2.71. The zero-order chi connectivity index (χ0) is 18.0. The number of aromatic amines is 1. The van der Waals surface area contributed by atoms with Gasteiger partial charge in [0.15, 0.2) is 0 Å². The van der Waals surface area contributed by atoms with Crippen molar-refractivity contribution in [3.8, 4) is 5.75 Å². The van der Waals surface area contributed by atoms with Crippen molar-refractivity contribution in [1.29, 1.82) is 0 Å². The van der Waals surface area contributed by atoms with E-state index >= 15 is 0 Å². The number of fused-ring (bicyclic) bond motifs is 1. The van der Waals surface area contributed by atoms with Crippen LogP contribution in [0.2, 0.25) is 0 Å². The van der Waals surface area contributed by atoms with Crippen molar-refractivity contribution < 1.29 is 22.7 Å². The molecule has 1 heterocycles. The minimum absolute atomic E-state index is 0.0312. The normalized spacial score (nSPS) is 11.5. The molecule has 0 unspecified atom stereocenters. The topological polar surface area (TPSA) is 54.1 Å². The summed E-state index contributed by atoms with van der Waals surface area (Å²) in [6.45, 7) is 0. The van der Waals surface area contributed by atoms with E-state index in [1.165, 1.54) is 12.1 Å². The number of carbonyl (C=O) groups excluding carboxylic acids is 1. The Kier molecular flexibility index (Phi) is 4.39. The van der Waals surface area contributed by atoms with Crippen LogP contribution in [0.4, 0.5) is 18.9 Å². The highest BCUT2D eigenvalue weighted by atomic mass is 19.4. The largest absolute Gasteiger partial charge is 0.497 e. The van der Waals surface area contributed by atoms with E-state index in [2.05, 4.69) is 10.3 Å². The summed E-state index contributed by atoms with van der Waals surface area (Å²) in [7, 11) is 1.55. The molecule has 3 aromatic rings. The lowest BCUT2D eigenvalue weighted by Gasteiger charge is -2.10. The number of anilines is 1. The number of alkyl halides is 3. The second kappa shape index (κ2) is 6.51. The fourth-order valence-electron chi connectivity index (χ4n) is 2.58. The molecule has 0 aliphatic carbocycles. The lowest BCUT2D eigenvalue weighted by Crippen LogP contribution is -2.15. The van der Waals surface area contributed by atoms with Crippen LogP contribution in [0.1, 0.15) is 11.1 Å². The maximum atomic E-state index is 12.7. The molecule has 3 rings (SSSR count). The van der Waals surface area contributed by atoms with Gasteiger partial charge in [0.25, 0.3) is 0 Å². The predicted molar refractivity (Wildman–Crippen MR) is 88.6 cm³/mol. The molecule has 0 saturated heterocycles. The summed E-state index contributed by atoms with van der Waals surface area (Å²) in [5.41, 5.74) is 0.889. The van der Waals surface area contributed by atoms with Crippen LogP contribution in [-0.4, -0.2) is 18.0 Å². The van der Waals surface area contributed by atoms with Crippen molar-refractivity contribution in [3.05, 3.63) is 59.8 Å². The van der Waals surface area contributed by atoms with E-state index in [4.69, 9.17) is 4.74 Å². The van der Waals surface area contributed by atoms with Gasteiger partial charge in [0.1, 0.15) is 5.75 Å². The van der Waals surface area contributed by atoms with Crippen LogP contribution in [-0.2, 0) is 17.4 Å². The van der Waals surface area contributed by atoms with E-state index in [0.29, 0.717) is 5.75 Å². The van der Waals surface area contributed by atoms with Crippen LogP contribution in [0, 0.1) is 0 Å². The van der Waals surface area contributed by atoms with Gasteiger partial charge in [-0.1, -0.05) is 6.07 Å². The Balaban J connectivity index is 1.77. The molecule has 130 valence electrons. The van der Waals surface area contributed by atoms with Gasteiger partial charge in [-0.05, 0) is 42.0 Å². The van der Waals surface area contributed by atoms with Gasteiger partial charge in [-0.2, -0.15) is 13.2 Å². The summed E-state index contributed by atoms with van der Waals surface area (Å²) in [5.74, 6) is 0.259. The number of aromatic nitrogens is 1. The lowest BCUT2D eigenvalue weighted by atomic mass is 10.1. The van der Waals surface area contributed by atoms with Gasteiger partial charge < -0.3 is 15.0 Å². The maximum Gasteiger partial charge on any atom is 0.416 e. The third-order valence-electron chi connectivity index (χ3n) is 3.80. The van der Waals surface area contributed by atoms with Gasteiger partial charge in [-0.3, -0.25) is 4.79 Å². The van der Waals surface area contributed by atoms with Gasteiger partial charge in [0.05, 0.1) is 19.1 Å². The molecular weight excluding hydrogens is 333 g/mol. The molecule has 0 fully saturated rings. The number of nitrogens with one attached hydrogen (secondary N) is 2. The Morgan fingerprint density at radius 3 is 2.72 bits per heavy atom. The summed E-state index contributed by atoms with van der Waals surface area (Å²) >= 11 is 0. The highest BCUT2D eigenvalue weighted by molar-refractivity contribution is 5.96. The Labute approximate surface area is 141 Å². The summed E-state index contributed by atoms with van der Waals surface area (Å²) in [4.78, 5) is 15.3. The Morgan fingerprint density at radius 1 is 1.20 bits per heavy atom. The van der Waals surface area contributed by atoms with E-state index in [1.807, 2.05) is 6.07 Å². The highest BCUT2D eigenvalue weighted by Crippen LogP contribution is 2.30. The molecule has 1 aromatic heterocycles. The predicted octanol–water partition coefficient (Wildman–Crippen LogP) is 4.38. The van der Waals surface area contributed by atoms with E-state index in [1.54, 1.807) is 25.4 Å². The van der Waals surface area contributed by atoms with Gasteiger partial charge in [0.2, 0.25) is 5.91 Å². The number of carbonyl (C=O) groups is 1. The number of methoxy groups -OCH3 is 1. The summed E-state index contributed by atoms with van der Waals surface area (Å²) in [5, 5.41) is 3.33. The molecule has 2 N–H and O–H groups in total. The second-order valence-corrected chi connectivity index (χ2v) is 5.53. The van der Waals surface area contributed by atoms with E-state index in [9.17, 15) is 18.0 Å². The van der Waals surface area contributed by atoms with Crippen molar-refractivity contribution in [2.75, 3.05) is 12.4 Å². The monoisotopic (exact) mass is 348 g/mol. The smallest absolute Gasteiger partial charge is 0.416 e. The van der Waals surface area contributed by atoms with Crippen LogP contribution in [0.3, 0.4) is 0 Å². The molecule has 7 heteroatoms. The summed E-state index contributed by atoms with van der Waals surface area (Å²) in [6, 6.07) is 9.99. The van der Waals surface area contributed by atoms with Gasteiger partial charge in [0, 0.05) is 22.8 Å². The first-order valence-corrected chi connectivity index (χ1v) is 7.48. The van der Waals surface area contributed by atoms with Crippen LogP contribution in [0.15, 0.2) is 48.7 Å². The van der Waals surface area contributed by atoms with Gasteiger partial charge in [-0.25, -0.2) is 0 Å². The van der Waals surface area contributed by atoms with Crippen molar-refractivity contribution in [1.82, 2.24) is 4.98 Å². The number of halogens is 3. The third-order valence-corrected chi connectivity index (χ3v) is 3.80. The molecule has 0 atom stereocenters.